The van der Waals surface area contributed by atoms with Crippen LogP contribution in [0.1, 0.15) is 24.8 Å². The third-order valence-corrected chi connectivity index (χ3v) is 7.12. The van der Waals surface area contributed by atoms with E-state index in [0.29, 0.717) is 19.7 Å². The van der Waals surface area contributed by atoms with E-state index in [1.165, 1.54) is 11.8 Å². The lowest BCUT2D eigenvalue weighted by atomic mass is 10.2. The van der Waals surface area contributed by atoms with Gasteiger partial charge in [-0.1, -0.05) is 12.1 Å². The highest BCUT2D eigenvalue weighted by Gasteiger charge is 2.27. The Morgan fingerprint density at radius 3 is 2.69 bits per heavy atom. The van der Waals surface area contributed by atoms with Crippen LogP contribution in [0, 0.1) is 6.92 Å². The lowest BCUT2D eigenvalue weighted by Gasteiger charge is -2.15. The lowest BCUT2D eigenvalue weighted by Crippen LogP contribution is -2.27. The fourth-order valence-corrected chi connectivity index (χ4v) is 5.04. The van der Waals surface area contributed by atoms with Crippen molar-refractivity contribution in [3.8, 4) is 5.75 Å². The molecular formula is C19H24N2O3S2. The summed E-state index contributed by atoms with van der Waals surface area (Å²) >= 11 is 1.61. The molecule has 140 valence electrons. The van der Waals surface area contributed by atoms with Gasteiger partial charge in [0.25, 0.3) is 0 Å². The maximum Gasteiger partial charge on any atom is 0.244 e. The highest BCUT2D eigenvalue weighted by atomic mass is 32.2. The number of hydrogen-bond donors (Lipinski definition) is 0. The van der Waals surface area contributed by atoms with E-state index in [2.05, 4.69) is 4.98 Å². The Hall–Kier alpha value is -1.57. The number of benzene rings is 1. The maximum atomic E-state index is 12.5. The summed E-state index contributed by atoms with van der Waals surface area (Å²) < 4.78 is 32.2. The third kappa shape index (κ3) is 4.99. The predicted molar refractivity (Wildman–Crippen MR) is 104 cm³/mol. The molecule has 0 atom stereocenters. The van der Waals surface area contributed by atoms with Crippen LogP contribution in [-0.4, -0.2) is 43.2 Å². The standard InChI is InChI=1S/C19H24N2O3S2/c1-16-6-4-7-17(14-16)24-12-5-13-25-19-9-8-18(15-20-19)26(22,23)21-10-2-3-11-21/h4,6-9,14-15H,2-3,5,10-13H2,1H3. The van der Waals surface area contributed by atoms with Crippen molar-refractivity contribution in [2.24, 2.45) is 0 Å². The van der Waals surface area contributed by atoms with Gasteiger partial charge >= 0.3 is 0 Å². The minimum atomic E-state index is -3.38. The van der Waals surface area contributed by atoms with Crippen molar-refractivity contribution in [1.29, 1.82) is 0 Å². The van der Waals surface area contributed by atoms with Crippen LogP contribution in [0.5, 0.6) is 5.75 Å². The van der Waals surface area contributed by atoms with Gasteiger partial charge in [0.1, 0.15) is 10.6 Å². The first-order valence-electron chi connectivity index (χ1n) is 8.84. The predicted octanol–water partition coefficient (Wildman–Crippen LogP) is 3.74. The van der Waals surface area contributed by atoms with E-state index in [1.807, 2.05) is 31.2 Å². The van der Waals surface area contributed by atoms with E-state index in [9.17, 15) is 8.42 Å². The third-order valence-electron chi connectivity index (χ3n) is 4.21. The quantitative estimate of drug-likeness (QED) is 0.506. The molecule has 1 saturated heterocycles. The summed E-state index contributed by atoms with van der Waals surface area (Å²) in [6, 6.07) is 11.5. The van der Waals surface area contributed by atoms with E-state index in [-0.39, 0.29) is 4.90 Å². The van der Waals surface area contributed by atoms with Gasteiger partial charge < -0.3 is 4.74 Å². The summed E-state index contributed by atoms with van der Waals surface area (Å²) in [5.74, 6) is 1.77. The van der Waals surface area contributed by atoms with Gasteiger partial charge in [0.15, 0.2) is 0 Å². The first-order valence-corrected chi connectivity index (χ1v) is 11.3. The SMILES string of the molecule is Cc1cccc(OCCCSc2ccc(S(=O)(=O)N3CCCC3)cn2)c1. The first kappa shape index (κ1) is 19.2. The van der Waals surface area contributed by atoms with Crippen LogP contribution in [0.3, 0.4) is 0 Å². The van der Waals surface area contributed by atoms with E-state index in [1.54, 1.807) is 28.2 Å². The Labute approximate surface area is 159 Å². The van der Waals surface area contributed by atoms with Crippen molar-refractivity contribution in [2.75, 3.05) is 25.4 Å². The molecule has 0 N–H and O–H groups in total. The summed E-state index contributed by atoms with van der Waals surface area (Å²) in [5.41, 5.74) is 1.19. The van der Waals surface area contributed by atoms with Crippen molar-refractivity contribution in [1.82, 2.24) is 9.29 Å². The summed E-state index contributed by atoms with van der Waals surface area (Å²) in [6.07, 6.45) is 4.24. The fraction of sp³-hybridized carbons (Fsp3) is 0.421. The topological polar surface area (TPSA) is 59.5 Å². The van der Waals surface area contributed by atoms with Gasteiger partial charge in [-0.05, 0) is 56.0 Å². The Balaban J connectivity index is 1.44. The van der Waals surface area contributed by atoms with E-state index >= 15 is 0 Å². The molecule has 0 bridgehead atoms. The molecule has 0 amide bonds. The molecule has 5 nitrogen and oxygen atoms in total. The molecule has 7 heteroatoms. The van der Waals surface area contributed by atoms with Gasteiger partial charge in [0.2, 0.25) is 10.0 Å². The molecule has 26 heavy (non-hydrogen) atoms. The van der Waals surface area contributed by atoms with Crippen LogP contribution in [-0.2, 0) is 10.0 Å². The number of aryl methyl sites for hydroxylation is 1. The molecule has 1 aromatic carbocycles. The van der Waals surface area contributed by atoms with Gasteiger partial charge in [-0.25, -0.2) is 13.4 Å². The largest absolute Gasteiger partial charge is 0.494 e. The molecular weight excluding hydrogens is 368 g/mol. The first-order chi connectivity index (χ1) is 12.6. The van der Waals surface area contributed by atoms with Crippen LogP contribution in [0.15, 0.2) is 52.5 Å². The van der Waals surface area contributed by atoms with Crippen molar-refractivity contribution >= 4 is 21.8 Å². The smallest absolute Gasteiger partial charge is 0.244 e. The molecule has 1 aromatic heterocycles. The molecule has 2 heterocycles. The number of hydrogen-bond acceptors (Lipinski definition) is 5. The average Bonchev–Trinajstić information content (AvgIpc) is 3.17. The van der Waals surface area contributed by atoms with Gasteiger partial charge in [0, 0.05) is 25.0 Å². The minimum absolute atomic E-state index is 0.284. The van der Waals surface area contributed by atoms with E-state index in [0.717, 1.165) is 35.8 Å². The Kier molecular flexibility index (Phi) is 6.56. The molecule has 1 fully saturated rings. The highest BCUT2D eigenvalue weighted by Crippen LogP contribution is 2.23. The molecule has 0 spiro atoms. The number of rotatable bonds is 8. The normalized spacial score (nSPS) is 15.3. The molecule has 0 saturated carbocycles. The maximum absolute atomic E-state index is 12.5. The fourth-order valence-electron chi connectivity index (χ4n) is 2.81. The van der Waals surface area contributed by atoms with Crippen molar-refractivity contribution < 1.29 is 13.2 Å². The van der Waals surface area contributed by atoms with Crippen LogP contribution in [0.25, 0.3) is 0 Å². The van der Waals surface area contributed by atoms with E-state index < -0.39 is 10.0 Å². The summed E-state index contributed by atoms with van der Waals surface area (Å²) in [7, 11) is -3.38. The molecule has 1 aliphatic heterocycles. The number of nitrogens with zero attached hydrogens (tertiary/aromatic N) is 2. The zero-order chi connectivity index (χ0) is 18.4. The van der Waals surface area contributed by atoms with Crippen molar-refractivity contribution in [2.45, 2.75) is 36.1 Å². The molecule has 0 radical (unpaired) electrons. The zero-order valence-corrected chi connectivity index (χ0v) is 16.6. The zero-order valence-electron chi connectivity index (χ0n) is 14.9. The van der Waals surface area contributed by atoms with Crippen LogP contribution in [0.4, 0.5) is 0 Å². The highest BCUT2D eigenvalue weighted by molar-refractivity contribution is 7.99. The monoisotopic (exact) mass is 392 g/mol. The van der Waals surface area contributed by atoms with Gasteiger partial charge in [0.05, 0.1) is 11.6 Å². The van der Waals surface area contributed by atoms with Gasteiger partial charge in [-0.3, -0.25) is 0 Å². The van der Waals surface area contributed by atoms with Crippen molar-refractivity contribution in [3.63, 3.8) is 0 Å². The number of sulfonamides is 1. The Morgan fingerprint density at radius 1 is 1.19 bits per heavy atom. The summed E-state index contributed by atoms with van der Waals surface area (Å²) in [6.45, 7) is 3.92. The Morgan fingerprint density at radius 2 is 2.00 bits per heavy atom. The second kappa shape index (κ2) is 8.88. The molecule has 0 aliphatic carbocycles. The Bertz CT molecular complexity index is 817. The summed E-state index contributed by atoms with van der Waals surface area (Å²) in [5, 5.41) is 0.834. The van der Waals surface area contributed by atoms with Gasteiger partial charge in [-0.2, -0.15) is 4.31 Å². The molecule has 2 aromatic rings. The second-order valence-electron chi connectivity index (χ2n) is 6.31. The van der Waals surface area contributed by atoms with Crippen LogP contribution in [0.2, 0.25) is 0 Å². The molecule has 1 aliphatic rings. The van der Waals surface area contributed by atoms with Crippen LogP contribution < -0.4 is 4.74 Å². The number of aromatic nitrogens is 1. The number of thioether (sulfide) groups is 1. The van der Waals surface area contributed by atoms with Gasteiger partial charge in [-0.15, -0.1) is 11.8 Å². The molecule has 0 unspecified atom stereocenters. The van der Waals surface area contributed by atoms with Crippen LogP contribution >= 0.6 is 11.8 Å². The summed E-state index contributed by atoms with van der Waals surface area (Å²) in [4.78, 5) is 4.58. The lowest BCUT2D eigenvalue weighted by molar-refractivity contribution is 0.318. The van der Waals surface area contributed by atoms with E-state index in [4.69, 9.17) is 4.74 Å². The second-order valence-corrected chi connectivity index (χ2v) is 9.36. The van der Waals surface area contributed by atoms with Crippen molar-refractivity contribution in [3.05, 3.63) is 48.2 Å². The molecule has 3 rings (SSSR count). The minimum Gasteiger partial charge on any atom is -0.494 e. The average molecular weight is 393 g/mol. The number of ether oxygens (including phenoxy) is 1. The number of pyridine rings is 1.